The van der Waals surface area contributed by atoms with Crippen LogP contribution < -0.4 is 15.4 Å². The number of rotatable bonds is 4. The van der Waals surface area contributed by atoms with E-state index in [2.05, 4.69) is 26.6 Å². The molecule has 7 nitrogen and oxygen atoms in total. The number of aromatic hydroxyl groups is 1. The van der Waals surface area contributed by atoms with E-state index in [9.17, 15) is 14.7 Å². The van der Waals surface area contributed by atoms with E-state index in [1.807, 2.05) is 0 Å². The molecule has 1 saturated carbocycles. The van der Waals surface area contributed by atoms with Gasteiger partial charge in [0.2, 0.25) is 0 Å². The van der Waals surface area contributed by atoms with Crippen LogP contribution in [0, 0.1) is 0 Å². The summed E-state index contributed by atoms with van der Waals surface area (Å²) in [6, 6.07) is 2.14. The number of hydrogen-bond donors (Lipinski definition) is 3. The van der Waals surface area contributed by atoms with Crippen molar-refractivity contribution in [3.05, 3.63) is 33.4 Å². The largest absolute Gasteiger partial charge is 0.503 e. The van der Waals surface area contributed by atoms with E-state index in [4.69, 9.17) is 9.47 Å². The van der Waals surface area contributed by atoms with Gasteiger partial charge in [-0.2, -0.15) is 0 Å². The summed E-state index contributed by atoms with van der Waals surface area (Å²) in [5.74, 6) is -0.239. The van der Waals surface area contributed by atoms with Crippen molar-refractivity contribution in [1.29, 1.82) is 0 Å². The summed E-state index contributed by atoms with van der Waals surface area (Å²) in [4.78, 5) is 25.2. The summed E-state index contributed by atoms with van der Waals surface area (Å²) in [7, 11) is 1.44. The lowest BCUT2D eigenvalue weighted by Crippen LogP contribution is -2.45. The molecule has 1 aromatic carbocycles. The number of phenols is 1. The lowest BCUT2D eigenvalue weighted by atomic mass is 9.94. The van der Waals surface area contributed by atoms with Crippen molar-refractivity contribution in [3.8, 4) is 11.5 Å². The van der Waals surface area contributed by atoms with E-state index >= 15 is 0 Å². The number of benzene rings is 1. The van der Waals surface area contributed by atoms with Crippen LogP contribution in [0.1, 0.15) is 63.5 Å². The minimum absolute atomic E-state index is 0.0455. The quantitative estimate of drug-likeness (QED) is 0.569. The average molecular weight is 467 g/mol. The summed E-state index contributed by atoms with van der Waals surface area (Å²) in [6.07, 6.45) is 7.28. The normalized spacial score (nSPS) is 20.9. The molecule has 29 heavy (non-hydrogen) atoms. The van der Waals surface area contributed by atoms with Crippen molar-refractivity contribution in [2.75, 3.05) is 7.11 Å². The molecule has 3 N–H and O–H groups in total. The molecule has 158 valence electrons. The molecule has 1 aliphatic heterocycles. The zero-order valence-electron chi connectivity index (χ0n) is 16.7. The van der Waals surface area contributed by atoms with E-state index in [1.54, 1.807) is 19.1 Å². The SMILES string of the molecule is COc1cc(C2NC(=O)NC(C)=C2C(=O)OC2CCCCCCC2)cc(Br)c1O. The standard InChI is InChI=1S/C21H27BrN2O5/c1-12-17(20(26)29-14-8-6-4-3-5-7-9-14)18(24-21(27)23-12)13-10-15(22)19(25)16(11-13)28-2/h10-11,14,18,25H,3-9H2,1-2H3,(H2,23,24,27). The zero-order chi connectivity index (χ0) is 21.0. The number of allylic oxidation sites excluding steroid dienone is 1. The van der Waals surface area contributed by atoms with Crippen LogP contribution in [0.5, 0.6) is 11.5 Å². The number of urea groups is 1. The highest BCUT2D eigenvalue weighted by atomic mass is 79.9. The van der Waals surface area contributed by atoms with E-state index in [-0.39, 0.29) is 17.6 Å². The van der Waals surface area contributed by atoms with Gasteiger partial charge >= 0.3 is 12.0 Å². The molecule has 3 rings (SSSR count). The smallest absolute Gasteiger partial charge is 0.338 e. The highest BCUT2D eigenvalue weighted by molar-refractivity contribution is 9.10. The van der Waals surface area contributed by atoms with Gasteiger partial charge in [-0.15, -0.1) is 0 Å². The van der Waals surface area contributed by atoms with Crippen LogP contribution in [0.2, 0.25) is 0 Å². The second-order valence-corrected chi connectivity index (χ2v) is 8.35. The Morgan fingerprint density at radius 3 is 2.48 bits per heavy atom. The van der Waals surface area contributed by atoms with E-state index < -0.39 is 18.0 Å². The number of nitrogens with one attached hydrogen (secondary N) is 2. The average Bonchev–Trinajstić information content (AvgIpc) is 2.65. The van der Waals surface area contributed by atoms with E-state index in [1.165, 1.54) is 13.5 Å². The van der Waals surface area contributed by atoms with Gasteiger partial charge < -0.3 is 25.2 Å². The predicted octanol–water partition coefficient (Wildman–Crippen LogP) is 4.45. The molecule has 0 saturated heterocycles. The van der Waals surface area contributed by atoms with Gasteiger partial charge in [-0.3, -0.25) is 0 Å². The lowest BCUT2D eigenvalue weighted by Gasteiger charge is -2.30. The van der Waals surface area contributed by atoms with Crippen molar-refractivity contribution >= 4 is 27.9 Å². The molecule has 0 aromatic heterocycles. The van der Waals surface area contributed by atoms with Crippen LogP contribution in [0.25, 0.3) is 0 Å². The van der Waals surface area contributed by atoms with Gasteiger partial charge in [0.05, 0.1) is 23.2 Å². The monoisotopic (exact) mass is 466 g/mol. The van der Waals surface area contributed by atoms with Crippen LogP contribution in [0.15, 0.2) is 27.9 Å². The molecule has 1 unspecified atom stereocenters. The number of methoxy groups -OCH3 is 1. The third-order valence-electron chi connectivity index (χ3n) is 5.42. The fourth-order valence-corrected chi connectivity index (χ4v) is 4.34. The molecule has 1 atom stereocenters. The van der Waals surface area contributed by atoms with Crippen molar-refractivity contribution < 1.29 is 24.2 Å². The van der Waals surface area contributed by atoms with Crippen LogP contribution in [-0.2, 0) is 9.53 Å². The number of hydrogen-bond acceptors (Lipinski definition) is 5. The summed E-state index contributed by atoms with van der Waals surface area (Å²) < 4.78 is 11.5. The van der Waals surface area contributed by atoms with Gasteiger partial charge in [0.15, 0.2) is 11.5 Å². The van der Waals surface area contributed by atoms with Gasteiger partial charge in [0.1, 0.15) is 6.10 Å². The Morgan fingerprint density at radius 2 is 1.83 bits per heavy atom. The van der Waals surface area contributed by atoms with Crippen molar-refractivity contribution in [3.63, 3.8) is 0 Å². The molecule has 0 radical (unpaired) electrons. The Morgan fingerprint density at radius 1 is 1.17 bits per heavy atom. The first-order valence-electron chi connectivity index (χ1n) is 9.96. The first-order chi connectivity index (χ1) is 13.9. The molecule has 0 spiro atoms. The number of halogens is 1. The number of amides is 2. The second kappa shape index (κ2) is 9.52. The maximum absolute atomic E-state index is 13.1. The predicted molar refractivity (Wildman–Crippen MR) is 112 cm³/mol. The molecule has 1 heterocycles. The van der Waals surface area contributed by atoms with Crippen LogP contribution in [0.4, 0.5) is 4.79 Å². The fourth-order valence-electron chi connectivity index (χ4n) is 3.88. The highest BCUT2D eigenvalue weighted by Crippen LogP contribution is 2.39. The van der Waals surface area contributed by atoms with E-state index in [0.29, 0.717) is 21.3 Å². The van der Waals surface area contributed by atoms with Gasteiger partial charge in [0, 0.05) is 5.70 Å². The minimum Gasteiger partial charge on any atom is -0.503 e. The number of carbonyl (C=O) groups excluding carboxylic acids is 2. The highest BCUT2D eigenvalue weighted by Gasteiger charge is 2.34. The van der Waals surface area contributed by atoms with Crippen LogP contribution >= 0.6 is 15.9 Å². The molecule has 2 amide bonds. The Hall–Kier alpha value is -2.22. The number of phenolic OH excluding ortho intramolecular Hbond substituents is 1. The van der Waals surface area contributed by atoms with Gasteiger partial charge in [-0.25, -0.2) is 9.59 Å². The molecule has 0 bridgehead atoms. The van der Waals surface area contributed by atoms with Gasteiger partial charge in [-0.1, -0.05) is 19.3 Å². The van der Waals surface area contributed by atoms with Crippen molar-refractivity contribution in [1.82, 2.24) is 10.6 Å². The van der Waals surface area contributed by atoms with Crippen molar-refractivity contribution in [2.45, 2.75) is 64.0 Å². The number of ether oxygens (including phenoxy) is 2. The first-order valence-corrected chi connectivity index (χ1v) is 10.8. The summed E-state index contributed by atoms with van der Waals surface area (Å²) in [5.41, 5.74) is 1.41. The minimum atomic E-state index is -0.712. The summed E-state index contributed by atoms with van der Waals surface area (Å²) in [5, 5.41) is 15.5. The summed E-state index contributed by atoms with van der Waals surface area (Å²) >= 11 is 3.30. The maximum Gasteiger partial charge on any atom is 0.338 e. The number of esters is 1. The van der Waals surface area contributed by atoms with Crippen LogP contribution in [0.3, 0.4) is 0 Å². The molecule has 1 aromatic rings. The zero-order valence-corrected chi connectivity index (χ0v) is 18.3. The first kappa shape index (κ1) is 21.5. The molecule has 1 aliphatic carbocycles. The molecule has 1 fully saturated rings. The number of carbonyl (C=O) groups is 2. The second-order valence-electron chi connectivity index (χ2n) is 7.50. The Kier molecular flexibility index (Phi) is 7.05. The summed E-state index contributed by atoms with van der Waals surface area (Å²) in [6.45, 7) is 1.69. The molecular formula is C21H27BrN2O5. The fraction of sp³-hybridized carbons (Fsp3) is 0.524. The van der Waals surface area contributed by atoms with Gasteiger partial charge in [-0.05, 0) is 66.2 Å². The van der Waals surface area contributed by atoms with Crippen LogP contribution in [-0.4, -0.2) is 30.3 Å². The Labute approximate surface area is 179 Å². The van der Waals surface area contributed by atoms with Gasteiger partial charge in [0.25, 0.3) is 0 Å². The van der Waals surface area contributed by atoms with Crippen molar-refractivity contribution in [2.24, 2.45) is 0 Å². The Bertz CT molecular complexity index is 816. The molecule has 8 heteroatoms. The lowest BCUT2D eigenvalue weighted by molar-refractivity contribution is -0.145. The third kappa shape index (κ3) is 5.04. The molecule has 2 aliphatic rings. The third-order valence-corrected chi connectivity index (χ3v) is 6.02. The Balaban J connectivity index is 1.89. The maximum atomic E-state index is 13.1. The molecular weight excluding hydrogens is 440 g/mol. The van der Waals surface area contributed by atoms with E-state index in [0.717, 1.165) is 38.5 Å². The topological polar surface area (TPSA) is 96.9 Å².